The van der Waals surface area contributed by atoms with Crippen LogP contribution in [0.15, 0.2) is 22.7 Å². The van der Waals surface area contributed by atoms with Gasteiger partial charge in [0.2, 0.25) is 0 Å². The Labute approximate surface area is 119 Å². The molecule has 0 aromatic heterocycles. The first-order chi connectivity index (χ1) is 7.95. The van der Waals surface area contributed by atoms with Crippen LogP contribution >= 0.6 is 31.9 Å². The minimum atomic E-state index is -0.0324. The second kappa shape index (κ2) is 6.55. The van der Waals surface area contributed by atoms with E-state index in [0.717, 1.165) is 15.4 Å². The van der Waals surface area contributed by atoms with Crippen molar-refractivity contribution < 1.29 is 4.79 Å². The minimum absolute atomic E-state index is 0.0324. The lowest BCUT2D eigenvalue weighted by atomic mass is 10.1. The van der Waals surface area contributed by atoms with Gasteiger partial charge in [-0.3, -0.25) is 4.79 Å². The highest BCUT2D eigenvalue weighted by Crippen LogP contribution is 2.19. The molecule has 1 atom stereocenters. The standard InChI is InChI=1S/C13H17Br2NO/c1-8(2)12(7-14)16-13(17)10-5-4-9(3)6-11(10)15/h4-6,8,12H,7H2,1-3H3,(H,16,17). The van der Waals surface area contributed by atoms with Crippen LogP contribution in [0.3, 0.4) is 0 Å². The van der Waals surface area contributed by atoms with Gasteiger partial charge >= 0.3 is 0 Å². The zero-order valence-electron chi connectivity index (χ0n) is 10.3. The second-order valence-corrected chi connectivity index (χ2v) is 5.96. The number of aryl methyl sites for hydroxylation is 1. The van der Waals surface area contributed by atoms with Crippen molar-refractivity contribution >= 4 is 37.8 Å². The number of halogens is 2. The Morgan fingerprint density at radius 1 is 1.41 bits per heavy atom. The number of nitrogens with one attached hydrogen (secondary N) is 1. The Bertz CT molecular complexity index is 404. The van der Waals surface area contributed by atoms with Gasteiger partial charge in [0.25, 0.3) is 5.91 Å². The molecule has 0 radical (unpaired) electrons. The predicted octanol–water partition coefficient (Wildman–Crippen LogP) is 3.91. The molecule has 0 bridgehead atoms. The highest BCUT2D eigenvalue weighted by Gasteiger charge is 2.17. The van der Waals surface area contributed by atoms with Crippen LogP contribution in [0.1, 0.15) is 29.8 Å². The molecule has 0 aliphatic heterocycles. The second-order valence-electron chi connectivity index (χ2n) is 4.46. The fourth-order valence-electron chi connectivity index (χ4n) is 1.43. The molecule has 0 fully saturated rings. The van der Waals surface area contributed by atoms with Crippen LogP contribution in [0.5, 0.6) is 0 Å². The molecule has 1 N–H and O–H groups in total. The van der Waals surface area contributed by atoms with Crippen LogP contribution < -0.4 is 5.32 Å². The molecule has 1 rings (SSSR count). The third-order valence-electron chi connectivity index (χ3n) is 2.66. The Hall–Kier alpha value is -0.350. The first kappa shape index (κ1) is 14.7. The lowest BCUT2D eigenvalue weighted by Crippen LogP contribution is -2.39. The highest BCUT2D eigenvalue weighted by molar-refractivity contribution is 9.10. The van der Waals surface area contributed by atoms with E-state index in [1.165, 1.54) is 0 Å². The third kappa shape index (κ3) is 4.11. The van der Waals surface area contributed by atoms with Gasteiger partial charge in [0, 0.05) is 15.8 Å². The van der Waals surface area contributed by atoms with Crippen molar-refractivity contribution in [3.63, 3.8) is 0 Å². The lowest BCUT2D eigenvalue weighted by molar-refractivity contribution is 0.0931. The summed E-state index contributed by atoms with van der Waals surface area (Å²) in [5.74, 6) is 0.373. The average Bonchev–Trinajstić information content (AvgIpc) is 2.24. The van der Waals surface area contributed by atoms with E-state index in [1.54, 1.807) is 0 Å². The van der Waals surface area contributed by atoms with Crippen molar-refractivity contribution in [2.24, 2.45) is 5.92 Å². The van der Waals surface area contributed by atoms with Gasteiger partial charge in [-0.1, -0.05) is 35.8 Å². The smallest absolute Gasteiger partial charge is 0.252 e. The molecule has 1 aromatic rings. The first-order valence-electron chi connectivity index (χ1n) is 5.58. The number of alkyl halides is 1. The number of carbonyl (C=O) groups excluding carboxylic acids is 1. The Morgan fingerprint density at radius 2 is 2.06 bits per heavy atom. The summed E-state index contributed by atoms with van der Waals surface area (Å²) in [5.41, 5.74) is 1.82. The molecule has 2 nitrogen and oxygen atoms in total. The Balaban J connectivity index is 2.82. The van der Waals surface area contributed by atoms with Crippen molar-refractivity contribution in [1.82, 2.24) is 5.32 Å². The van der Waals surface area contributed by atoms with Crippen LogP contribution in [-0.2, 0) is 0 Å². The zero-order valence-corrected chi connectivity index (χ0v) is 13.4. The van der Waals surface area contributed by atoms with E-state index in [2.05, 4.69) is 51.0 Å². The van der Waals surface area contributed by atoms with Crippen LogP contribution in [0.2, 0.25) is 0 Å². The SMILES string of the molecule is Cc1ccc(C(=O)NC(CBr)C(C)C)c(Br)c1. The molecule has 94 valence electrons. The monoisotopic (exact) mass is 361 g/mol. The van der Waals surface area contributed by atoms with E-state index in [9.17, 15) is 4.79 Å². The summed E-state index contributed by atoms with van der Waals surface area (Å²) >= 11 is 6.85. The van der Waals surface area contributed by atoms with E-state index in [0.29, 0.717) is 11.5 Å². The molecular weight excluding hydrogens is 346 g/mol. The van der Waals surface area contributed by atoms with Crippen molar-refractivity contribution in [1.29, 1.82) is 0 Å². The van der Waals surface area contributed by atoms with E-state index >= 15 is 0 Å². The Kier molecular flexibility index (Phi) is 5.67. The summed E-state index contributed by atoms with van der Waals surface area (Å²) in [6.07, 6.45) is 0. The fourth-order valence-corrected chi connectivity index (χ4v) is 3.02. The molecular formula is C13H17Br2NO. The predicted molar refractivity (Wildman–Crippen MR) is 78.8 cm³/mol. The van der Waals surface area contributed by atoms with Crippen molar-refractivity contribution in [2.45, 2.75) is 26.8 Å². The van der Waals surface area contributed by atoms with E-state index in [-0.39, 0.29) is 11.9 Å². The van der Waals surface area contributed by atoms with E-state index in [1.807, 2.05) is 25.1 Å². The maximum Gasteiger partial charge on any atom is 0.252 e. The zero-order chi connectivity index (χ0) is 13.0. The number of hydrogen-bond acceptors (Lipinski definition) is 1. The van der Waals surface area contributed by atoms with Gasteiger partial charge in [0.1, 0.15) is 0 Å². The van der Waals surface area contributed by atoms with E-state index < -0.39 is 0 Å². The minimum Gasteiger partial charge on any atom is -0.348 e. The summed E-state index contributed by atoms with van der Waals surface area (Å²) in [5, 5.41) is 3.79. The van der Waals surface area contributed by atoms with Crippen molar-refractivity contribution in [3.05, 3.63) is 33.8 Å². The molecule has 4 heteroatoms. The van der Waals surface area contributed by atoms with Crippen molar-refractivity contribution in [3.8, 4) is 0 Å². The number of benzene rings is 1. The van der Waals surface area contributed by atoms with Gasteiger partial charge < -0.3 is 5.32 Å². The normalized spacial score (nSPS) is 12.6. The van der Waals surface area contributed by atoms with Crippen LogP contribution in [0.25, 0.3) is 0 Å². The summed E-state index contributed by atoms with van der Waals surface area (Å²) < 4.78 is 0.840. The number of amides is 1. The van der Waals surface area contributed by atoms with Crippen LogP contribution in [-0.4, -0.2) is 17.3 Å². The third-order valence-corrected chi connectivity index (χ3v) is 4.01. The lowest BCUT2D eigenvalue weighted by Gasteiger charge is -2.20. The molecule has 0 spiro atoms. The molecule has 1 aromatic carbocycles. The maximum absolute atomic E-state index is 12.1. The molecule has 0 aliphatic carbocycles. The van der Waals surface area contributed by atoms with Gasteiger partial charge in [0.15, 0.2) is 0 Å². The highest BCUT2D eigenvalue weighted by atomic mass is 79.9. The van der Waals surface area contributed by atoms with Crippen molar-refractivity contribution in [2.75, 3.05) is 5.33 Å². The summed E-state index contributed by atoms with van der Waals surface area (Å²) in [6.45, 7) is 6.19. The molecule has 0 aliphatic rings. The summed E-state index contributed by atoms with van der Waals surface area (Å²) in [6, 6.07) is 5.89. The largest absolute Gasteiger partial charge is 0.348 e. The van der Waals surface area contributed by atoms with Gasteiger partial charge in [0.05, 0.1) is 5.56 Å². The molecule has 0 saturated heterocycles. The number of carbonyl (C=O) groups is 1. The average molecular weight is 363 g/mol. The van der Waals surface area contributed by atoms with Gasteiger partial charge in [-0.15, -0.1) is 0 Å². The van der Waals surface area contributed by atoms with Crippen LogP contribution in [0, 0.1) is 12.8 Å². The topological polar surface area (TPSA) is 29.1 Å². The maximum atomic E-state index is 12.1. The van der Waals surface area contributed by atoms with E-state index in [4.69, 9.17) is 0 Å². The molecule has 0 saturated carbocycles. The van der Waals surface area contributed by atoms with Gasteiger partial charge in [-0.25, -0.2) is 0 Å². The molecule has 17 heavy (non-hydrogen) atoms. The van der Waals surface area contributed by atoms with Gasteiger partial charge in [-0.2, -0.15) is 0 Å². The molecule has 0 heterocycles. The summed E-state index contributed by atoms with van der Waals surface area (Å²) in [7, 11) is 0. The fraction of sp³-hybridized carbons (Fsp3) is 0.462. The quantitative estimate of drug-likeness (QED) is 0.808. The first-order valence-corrected chi connectivity index (χ1v) is 7.50. The molecule has 1 amide bonds. The number of hydrogen-bond donors (Lipinski definition) is 1. The number of rotatable bonds is 4. The summed E-state index contributed by atoms with van der Waals surface area (Å²) in [4.78, 5) is 12.1. The molecule has 1 unspecified atom stereocenters. The van der Waals surface area contributed by atoms with Crippen LogP contribution in [0.4, 0.5) is 0 Å². The van der Waals surface area contributed by atoms with Gasteiger partial charge in [-0.05, 0) is 46.5 Å². The Morgan fingerprint density at radius 3 is 2.53 bits per heavy atom.